The molecule has 3 heterocycles. The summed E-state index contributed by atoms with van der Waals surface area (Å²) in [5.41, 5.74) is 2.07. The fourth-order valence-electron chi connectivity index (χ4n) is 4.15. The molecular weight excluding hydrogens is 347 g/mol. The van der Waals surface area contributed by atoms with Crippen LogP contribution in [0.5, 0.6) is 0 Å². The van der Waals surface area contributed by atoms with Crippen molar-refractivity contribution in [1.82, 2.24) is 20.0 Å². The number of carbonyl (C=O) groups excluding carboxylic acids is 2. The van der Waals surface area contributed by atoms with Crippen molar-refractivity contribution in [3.8, 4) is 0 Å². The highest BCUT2D eigenvalue weighted by molar-refractivity contribution is 6.01. The normalized spacial score (nSPS) is 23.7. The van der Waals surface area contributed by atoms with Gasteiger partial charge in [0, 0.05) is 20.1 Å². The highest BCUT2D eigenvalue weighted by Gasteiger charge is 2.42. The van der Waals surface area contributed by atoms with Crippen LogP contribution in [0.15, 0.2) is 35.5 Å². The van der Waals surface area contributed by atoms with Crippen LogP contribution >= 0.6 is 0 Å². The average molecular weight is 372 g/mol. The van der Waals surface area contributed by atoms with E-state index in [4.69, 9.17) is 0 Å². The lowest BCUT2D eigenvalue weighted by Crippen LogP contribution is -2.45. The summed E-state index contributed by atoms with van der Waals surface area (Å²) in [4.78, 5) is 31.2. The van der Waals surface area contributed by atoms with Gasteiger partial charge in [0.1, 0.15) is 5.82 Å². The number of amides is 3. The second-order valence-electron chi connectivity index (χ2n) is 7.48. The molecule has 7 heteroatoms. The zero-order chi connectivity index (χ0) is 19.0. The van der Waals surface area contributed by atoms with Crippen LogP contribution in [0.4, 0.5) is 9.18 Å². The fourth-order valence-corrected chi connectivity index (χ4v) is 4.15. The molecule has 0 spiro atoms. The van der Waals surface area contributed by atoms with E-state index in [1.165, 1.54) is 36.3 Å². The van der Waals surface area contributed by atoms with E-state index < -0.39 is 6.04 Å². The number of nitrogens with zero attached hydrogens (tertiary/aromatic N) is 3. The van der Waals surface area contributed by atoms with Crippen molar-refractivity contribution in [2.75, 3.05) is 39.8 Å². The van der Waals surface area contributed by atoms with Gasteiger partial charge in [-0.15, -0.1) is 0 Å². The lowest BCUT2D eigenvalue weighted by molar-refractivity contribution is -0.126. The summed E-state index contributed by atoms with van der Waals surface area (Å²) < 4.78 is 13.3. The number of benzene rings is 1. The van der Waals surface area contributed by atoms with E-state index >= 15 is 0 Å². The third-order valence-electron chi connectivity index (χ3n) is 5.77. The third kappa shape index (κ3) is 3.43. The summed E-state index contributed by atoms with van der Waals surface area (Å²) in [5, 5.41) is 2.88. The van der Waals surface area contributed by atoms with Gasteiger partial charge in [0.25, 0.3) is 5.91 Å². The van der Waals surface area contributed by atoms with Crippen LogP contribution in [0.3, 0.4) is 0 Å². The maximum Gasteiger partial charge on any atom is 0.322 e. The molecule has 27 heavy (non-hydrogen) atoms. The summed E-state index contributed by atoms with van der Waals surface area (Å²) in [7, 11) is 1.69. The van der Waals surface area contributed by atoms with Gasteiger partial charge in [0.05, 0.1) is 23.9 Å². The number of rotatable bonds is 4. The average Bonchev–Trinajstić information content (AvgIpc) is 3.01. The summed E-state index contributed by atoms with van der Waals surface area (Å²) in [6, 6.07) is 5.19. The predicted molar refractivity (Wildman–Crippen MR) is 99.3 cm³/mol. The first-order valence-electron chi connectivity index (χ1n) is 9.59. The maximum atomic E-state index is 13.3. The smallest absolute Gasteiger partial charge is 0.322 e. The van der Waals surface area contributed by atoms with Gasteiger partial charge in [-0.25, -0.2) is 9.18 Å². The number of likely N-dealkylation sites (N-methyl/N-ethyl adjacent to an activating group) is 1. The molecule has 3 aliphatic heterocycles. The van der Waals surface area contributed by atoms with Crippen LogP contribution < -0.4 is 5.32 Å². The number of hydrogen-bond donors (Lipinski definition) is 1. The Hall–Kier alpha value is -2.41. The van der Waals surface area contributed by atoms with Gasteiger partial charge in [-0.1, -0.05) is 18.6 Å². The molecule has 1 saturated heterocycles. The van der Waals surface area contributed by atoms with Gasteiger partial charge in [-0.05, 0) is 43.6 Å². The van der Waals surface area contributed by atoms with Gasteiger partial charge in [0.2, 0.25) is 0 Å². The van der Waals surface area contributed by atoms with E-state index in [0.29, 0.717) is 18.7 Å². The molecule has 0 radical (unpaired) electrons. The summed E-state index contributed by atoms with van der Waals surface area (Å²) in [6.07, 6.45) is 3.72. The molecule has 3 amide bonds. The lowest BCUT2D eigenvalue weighted by atomic mass is 9.96. The number of halogens is 1. The molecule has 0 aliphatic carbocycles. The van der Waals surface area contributed by atoms with Crippen molar-refractivity contribution in [2.45, 2.75) is 25.3 Å². The minimum absolute atomic E-state index is 0.0387. The monoisotopic (exact) mass is 372 g/mol. The molecule has 1 N–H and O–H groups in total. The van der Waals surface area contributed by atoms with Crippen LogP contribution in [-0.4, -0.2) is 66.4 Å². The number of likely N-dealkylation sites (tertiary alicyclic amines) is 1. The van der Waals surface area contributed by atoms with Crippen LogP contribution in [0.2, 0.25) is 0 Å². The Bertz CT molecular complexity index is 771. The predicted octanol–water partition coefficient (Wildman–Crippen LogP) is 2.10. The van der Waals surface area contributed by atoms with Crippen molar-refractivity contribution < 1.29 is 14.0 Å². The van der Waals surface area contributed by atoms with Gasteiger partial charge in [0.15, 0.2) is 0 Å². The van der Waals surface area contributed by atoms with Gasteiger partial charge in [-0.2, -0.15) is 0 Å². The Labute approximate surface area is 158 Å². The second kappa shape index (κ2) is 7.31. The first-order valence-corrected chi connectivity index (χ1v) is 9.59. The van der Waals surface area contributed by atoms with Crippen LogP contribution in [-0.2, 0) is 4.79 Å². The first kappa shape index (κ1) is 18.0. The van der Waals surface area contributed by atoms with E-state index in [2.05, 4.69) is 10.2 Å². The van der Waals surface area contributed by atoms with Gasteiger partial charge < -0.3 is 15.1 Å². The molecule has 3 aliphatic rings. The molecule has 0 bridgehead atoms. The van der Waals surface area contributed by atoms with Crippen LogP contribution in [0.25, 0.3) is 0 Å². The standard InChI is InChI=1S/C20H25FN4O2/c1-23-16-13-25(12-11-24-9-3-2-4-10-24)19(26)17(16)18(22-20(23)27)14-5-7-15(21)8-6-14/h5-8,18H,2-4,9-13H2,1H3,(H,22,27). The quantitative estimate of drug-likeness (QED) is 0.881. The summed E-state index contributed by atoms with van der Waals surface area (Å²) in [6.45, 7) is 4.15. The van der Waals surface area contributed by atoms with Crippen molar-refractivity contribution in [3.05, 3.63) is 46.9 Å². The molecule has 4 rings (SSSR count). The van der Waals surface area contributed by atoms with E-state index in [1.54, 1.807) is 19.2 Å². The summed E-state index contributed by atoms with van der Waals surface area (Å²) >= 11 is 0. The second-order valence-corrected chi connectivity index (χ2v) is 7.48. The number of nitrogens with one attached hydrogen (secondary N) is 1. The van der Waals surface area contributed by atoms with Crippen molar-refractivity contribution in [3.63, 3.8) is 0 Å². The van der Waals surface area contributed by atoms with Crippen LogP contribution in [0, 0.1) is 5.82 Å². The number of piperidine rings is 1. The Morgan fingerprint density at radius 1 is 1.07 bits per heavy atom. The molecule has 144 valence electrons. The fraction of sp³-hybridized carbons (Fsp3) is 0.500. The Morgan fingerprint density at radius 3 is 2.48 bits per heavy atom. The minimum Gasteiger partial charge on any atom is -0.332 e. The highest BCUT2D eigenvalue weighted by Crippen LogP contribution is 2.35. The molecule has 1 aromatic carbocycles. The number of urea groups is 1. The van der Waals surface area contributed by atoms with Crippen molar-refractivity contribution in [2.24, 2.45) is 0 Å². The molecular formula is C20H25FN4O2. The molecule has 0 aromatic heterocycles. The topological polar surface area (TPSA) is 55.9 Å². The van der Waals surface area contributed by atoms with Crippen molar-refractivity contribution >= 4 is 11.9 Å². The Morgan fingerprint density at radius 2 is 1.78 bits per heavy atom. The zero-order valence-corrected chi connectivity index (χ0v) is 15.6. The number of hydrogen-bond acceptors (Lipinski definition) is 3. The Kier molecular flexibility index (Phi) is 4.86. The van der Waals surface area contributed by atoms with E-state index in [1.807, 2.05) is 4.90 Å². The first-order chi connectivity index (χ1) is 13.0. The van der Waals surface area contributed by atoms with Gasteiger partial charge in [-0.3, -0.25) is 9.69 Å². The van der Waals surface area contributed by atoms with Crippen molar-refractivity contribution in [1.29, 1.82) is 0 Å². The number of carbonyl (C=O) groups is 2. The highest BCUT2D eigenvalue weighted by atomic mass is 19.1. The third-order valence-corrected chi connectivity index (χ3v) is 5.77. The summed E-state index contributed by atoms with van der Waals surface area (Å²) in [5.74, 6) is -0.378. The van der Waals surface area contributed by atoms with E-state index in [-0.39, 0.29) is 17.8 Å². The zero-order valence-electron chi connectivity index (χ0n) is 15.6. The van der Waals surface area contributed by atoms with Crippen LogP contribution in [0.1, 0.15) is 30.9 Å². The largest absolute Gasteiger partial charge is 0.332 e. The van der Waals surface area contributed by atoms with E-state index in [0.717, 1.165) is 30.9 Å². The minimum atomic E-state index is -0.531. The Balaban J connectivity index is 1.53. The molecule has 1 fully saturated rings. The molecule has 0 saturated carbocycles. The molecule has 1 aromatic rings. The SMILES string of the molecule is CN1C(=O)NC(c2ccc(F)cc2)C2=C1CN(CCN1CCCCC1)C2=O. The molecule has 6 nitrogen and oxygen atoms in total. The van der Waals surface area contributed by atoms with Gasteiger partial charge >= 0.3 is 6.03 Å². The molecule has 1 atom stereocenters. The maximum absolute atomic E-state index is 13.3. The molecule has 1 unspecified atom stereocenters. The van der Waals surface area contributed by atoms with E-state index in [9.17, 15) is 14.0 Å². The lowest BCUT2D eigenvalue weighted by Gasteiger charge is -2.31.